The lowest BCUT2D eigenvalue weighted by Crippen LogP contribution is -2.14. The van der Waals surface area contributed by atoms with E-state index in [0.717, 1.165) is 0 Å². The molecule has 1 amide bonds. The zero-order valence-electron chi connectivity index (χ0n) is 12.4. The van der Waals surface area contributed by atoms with Crippen molar-refractivity contribution in [1.82, 2.24) is 10.1 Å². The van der Waals surface area contributed by atoms with Crippen molar-refractivity contribution in [2.24, 2.45) is 0 Å². The molecule has 0 spiro atoms. The predicted molar refractivity (Wildman–Crippen MR) is 75.4 cm³/mol. The molecule has 0 saturated carbocycles. The summed E-state index contributed by atoms with van der Waals surface area (Å²) in [4.78, 5) is 27.0. The summed E-state index contributed by atoms with van der Waals surface area (Å²) in [5, 5.41) is 6.33. The Morgan fingerprint density at radius 2 is 2.10 bits per heavy atom. The van der Waals surface area contributed by atoms with Crippen molar-refractivity contribution in [2.45, 2.75) is 27.7 Å². The van der Waals surface area contributed by atoms with Gasteiger partial charge in [-0.15, -0.1) is 0 Å². The van der Waals surface area contributed by atoms with Crippen LogP contribution in [0.5, 0.6) is 0 Å². The summed E-state index contributed by atoms with van der Waals surface area (Å²) in [6.45, 7) is 7.14. The van der Waals surface area contributed by atoms with Gasteiger partial charge in [-0.3, -0.25) is 4.79 Å². The molecule has 2 heterocycles. The number of hydrogen-bond acceptors (Lipinski definition) is 5. The zero-order chi connectivity index (χ0) is 15.6. The lowest BCUT2D eigenvalue weighted by Gasteiger charge is -2.03. The van der Waals surface area contributed by atoms with E-state index in [1.54, 1.807) is 33.8 Å². The van der Waals surface area contributed by atoms with Crippen LogP contribution in [0, 0.1) is 20.8 Å². The van der Waals surface area contributed by atoms with Gasteiger partial charge >= 0.3 is 5.97 Å². The van der Waals surface area contributed by atoms with Crippen LogP contribution in [0.2, 0.25) is 0 Å². The second kappa shape index (κ2) is 5.82. The van der Waals surface area contributed by atoms with E-state index in [1.165, 1.54) is 0 Å². The molecule has 0 aliphatic heterocycles. The highest BCUT2D eigenvalue weighted by atomic mass is 16.5. The van der Waals surface area contributed by atoms with E-state index in [0.29, 0.717) is 28.4 Å². The molecular formula is C14H17N3O4. The summed E-state index contributed by atoms with van der Waals surface area (Å²) >= 11 is 0. The summed E-state index contributed by atoms with van der Waals surface area (Å²) in [6.07, 6.45) is 0. The molecule has 2 rings (SSSR count). The van der Waals surface area contributed by atoms with Crippen LogP contribution in [-0.4, -0.2) is 28.6 Å². The molecule has 7 heteroatoms. The number of anilines is 1. The van der Waals surface area contributed by atoms with E-state index in [9.17, 15) is 9.59 Å². The van der Waals surface area contributed by atoms with Crippen LogP contribution in [0.4, 0.5) is 5.82 Å². The highest BCUT2D eigenvalue weighted by Gasteiger charge is 2.23. The second-order valence-corrected chi connectivity index (χ2v) is 4.62. The molecule has 2 aromatic heterocycles. The second-order valence-electron chi connectivity index (χ2n) is 4.62. The number of aromatic nitrogens is 2. The van der Waals surface area contributed by atoms with E-state index in [4.69, 9.17) is 9.26 Å². The number of carbonyl (C=O) groups is 2. The first-order chi connectivity index (χ1) is 9.93. The number of nitrogens with zero attached hydrogens (tertiary/aromatic N) is 1. The molecular weight excluding hydrogens is 274 g/mol. The predicted octanol–water partition coefficient (Wildman–Crippen LogP) is 2.36. The third kappa shape index (κ3) is 2.96. The van der Waals surface area contributed by atoms with Crippen molar-refractivity contribution >= 4 is 17.7 Å². The van der Waals surface area contributed by atoms with Gasteiger partial charge in [0.2, 0.25) is 0 Å². The highest BCUT2D eigenvalue weighted by molar-refractivity contribution is 6.07. The van der Waals surface area contributed by atoms with Gasteiger partial charge in [-0.05, 0) is 33.3 Å². The van der Waals surface area contributed by atoms with Crippen molar-refractivity contribution < 1.29 is 18.8 Å². The Hall–Kier alpha value is -2.57. The summed E-state index contributed by atoms with van der Waals surface area (Å²) in [5.41, 5.74) is 1.83. The monoisotopic (exact) mass is 291 g/mol. The molecule has 0 atom stereocenters. The van der Waals surface area contributed by atoms with Gasteiger partial charge in [0.1, 0.15) is 11.5 Å². The van der Waals surface area contributed by atoms with Crippen molar-refractivity contribution in [3.05, 3.63) is 34.3 Å². The number of nitrogens with one attached hydrogen (secondary N) is 2. The van der Waals surface area contributed by atoms with Crippen LogP contribution >= 0.6 is 0 Å². The number of H-pyrrole nitrogens is 1. The van der Waals surface area contributed by atoms with Crippen LogP contribution in [0.3, 0.4) is 0 Å². The average Bonchev–Trinajstić information content (AvgIpc) is 2.93. The minimum absolute atomic E-state index is 0.274. The van der Waals surface area contributed by atoms with Crippen LogP contribution in [0.15, 0.2) is 10.6 Å². The van der Waals surface area contributed by atoms with Gasteiger partial charge in [-0.1, -0.05) is 5.16 Å². The van der Waals surface area contributed by atoms with Crippen LogP contribution in [-0.2, 0) is 4.74 Å². The number of carbonyl (C=O) groups excluding carboxylic acids is 2. The Morgan fingerprint density at radius 3 is 2.67 bits per heavy atom. The van der Waals surface area contributed by atoms with Crippen molar-refractivity contribution in [2.75, 3.05) is 11.9 Å². The fraction of sp³-hybridized carbons (Fsp3) is 0.357. The van der Waals surface area contributed by atoms with Gasteiger partial charge in [-0.2, -0.15) is 0 Å². The SMILES string of the molecule is CCOC(=O)c1[nH]c(C)c(C(=O)Nc2cc(C)on2)c1C. The maximum atomic E-state index is 12.3. The Morgan fingerprint density at radius 1 is 1.38 bits per heavy atom. The number of hydrogen-bond donors (Lipinski definition) is 2. The highest BCUT2D eigenvalue weighted by Crippen LogP contribution is 2.20. The molecule has 0 bridgehead atoms. The van der Waals surface area contributed by atoms with Crippen molar-refractivity contribution in [3.63, 3.8) is 0 Å². The fourth-order valence-electron chi connectivity index (χ4n) is 2.10. The van der Waals surface area contributed by atoms with E-state index in [-0.39, 0.29) is 18.2 Å². The van der Waals surface area contributed by atoms with Gasteiger partial charge in [-0.25, -0.2) is 4.79 Å². The lowest BCUT2D eigenvalue weighted by atomic mass is 10.1. The van der Waals surface area contributed by atoms with Crippen LogP contribution < -0.4 is 5.32 Å². The van der Waals surface area contributed by atoms with E-state index < -0.39 is 5.97 Å². The summed E-state index contributed by atoms with van der Waals surface area (Å²) in [7, 11) is 0. The summed E-state index contributed by atoms with van der Waals surface area (Å²) in [5.74, 6) is 0.0924. The smallest absolute Gasteiger partial charge is 0.355 e. The number of aryl methyl sites for hydroxylation is 2. The molecule has 21 heavy (non-hydrogen) atoms. The van der Waals surface area contributed by atoms with Gasteiger partial charge in [0.05, 0.1) is 12.2 Å². The Labute approximate surface area is 121 Å². The van der Waals surface area contributed by atoms with Gasteiger partial charge in [0.25, 0.3) is 5.91 Å². The fourth-order valence-corrected chi connectivity index (χ4v) is 2.10. The first-order valence-electron chi connectivity index (χ1n) is 6.55. The third-order valence-electron chi connectivity index (χ3n) is 3.01. The molecule has 0 fully saturated rings. The topological polar surface area (TPSA) is 97.2 Å². The van der Waals surface area contributed by atoms with Crippen molar-refractivity contribution in [3.8, 4) is 0 Å². The first kappa shape index (κ1) is 14.8. The summed E-state index contributed by atoms with van der Waals surface area (Å²) in [6, 6.07) is 1.61. The maximum absolute atomic E-state index is 12.3. The number of ether oxygens (including phenoxy) is 1. The van der Waals surface area contributed by atoms with E-state index >= 15 is 0 Å². The Balaban J connectivity index is 2.27. The largest absolute Gasteiger partial charge is 0.461 e. The average molecular weight is 291 g/mol. The standard InChI is InChI=1S/C14H17N3O4/c1-5-20-14(19)12-8(3)11(9(4)15-12)13(18)16-10-6-7(2)21-17-10/h6,15H,5H2,1-4H3,(H,16,17,18). The minimum Gasteiger partial charge on any atom is -0.461 e. The molecule has 0 aromatic carbocycles. The quantitative estimate of drug-likeness (QED) is 0.843. The number of aromatic amines is 1. The molecule has 7 nitrogen and oxygen atoms in total. The molecule has 0 aliphatic rings. The number of amides is 1. The Bertz CT molecular complexity index is 684. The normalized spacial score (nSPS) is 10.5. The maximum Gasteiger partial charge on any atom is 0.355 e. The minimum atomic E-state index is -0.477. The number of rotatable bonds is 4. The lowest BCUT2D eigenvalue weighted by molar-refractivity contribution is 0.0519. The molecule has 0 unspecified atom stereocenters. The van der Waals surface area contributed by atoms with Gasteiger partial charge < -0.3 is 19.6 Å². The van der Waals surface area contributed by atoms with Gasteiger partial charge in [0.15, 0.2) is 5.82 Å². The summed E-state index contributed by atoms with van der Waals surface area (Å²) < 4.78 is 9.84. The molecule has 0 aliphatic carbocycles. The molecule has 0 radical (unpaired) electrons. The van der Waals surface area contributed by atoms with Crippen LogP contribution in [0.25, 0.3) is 0 Å². The van der Waals surface area contributed by atoms with Crippen molar-refractivity contribution in [1.29, 1.82) is 0 Å². The van der Waals surface area contributed by atoms with E-state index in [1.807, 2.05) is 0 Å². The first-order valence-corrected chi connectivity index (χ1v) is 6.55. The molecule has 112 valence electrons. The molecule has 0 saturated heterocycles. The zero-order valence-corrected chi connectivity index (χ0v) is 12.4. The van der Waals surface area contributed by atoms with Gasteiger partial charge in [0, 0.05) is 11.8 Å². The van der Waals surface area contributed by atoms with Crippen LogP contribution in [0.1, 0.15) is 44.8 Å². The molecule has 2 N–H and O–H groups in total. The third-order valence-corrected chi connectivity index (χ3v) is 3.01. The number of esters is 1. The molecule has 2 aromatic rings. The Kier molecular flexibility index (Phi) is 4.11. The van der Waals surface area contributed by atoms with E-state index in [2.05, 4.69) is 15.5 Å².